The molecule has 0 radical (unpaired) electrons. The molecule has 0 aromatic heterocycles. The summed E-state index contributed by atoms with van der Waals surface area (Å²) in [6, 6.07) is 26.1. The van der Waals surface area contributed by atoms with Gasteiger partial charge in [0.05, 0.1) is 0 Å². The topological polar surface area (TPSA) is 21.6 Å². The van der Waals surface area contributed by atoms with Crippen LogP contribution in [0.4, 0.5) is 8.78 Å². The molecule has 2 nitrogen and oxygen atoms in total. The van der Waals surface area contributed by atoms with Gasteiger partial charge in [-0.2, -0.15) is 0 Å². The molecule has 29 heavy (non-hydrogen) atoms. The number of hydrogen-bond acceptors (Lipinski definition) is 2. The molecule has 142 valence electrons. The number of benzene rings is 4. The number of fused-ring (bicyclic) bond motifs is 1. The maximum atomic E-state index is 14.0. The fraction of sp³-hybridized carbons (Fsp3) is 0.0800. The minimum absolute atomic E-state index is 0.0178. The lowest BCUT2D eigenvalue weighted by molar-refractivity contribution is 0.317. The summed E-state index contributed by atoms with van der Waals surface area (Å²) in [5, 5.41) is 2.40. The van der Waals surface area contributed by atoms with Crippen LogP contribution in [-0.2, 0) is 4.74 Å². The monoisotopic (exact) mass is 385 g/mol. The number of nitrogens with zero attached hydrogens (tertiary/aromatic N) is 1. The molecule has 0 amide bonds. The molecule has 1 atom stereocenters. The van der Waals surface area contributed by atoms with Gasteiger partial charge in [-0.05, 0) is 45.7 Å². The first-order valence-electron chi connectivity index (χ1n) is 9.43. The Kier molecular flexibility index (Phi) is 4.32. The number of aliphatic imine (C=N–C) groups is 1. The average Bonchev–Trinajstić information content (AvgIpc) is 3.23. The minimum Gasteiger partial charge on any atom is -0.475 e. The Bertz CT molecular complexity index is 1210. The highest BCUT2D eigenvalue weighted by molar-refractivity contribution is 5.95. The smallest absolute Gasteiger partial charge is 0.222 e. The molecule has 5 rings (SSSR count). The second-order valence-corrected chi connectivity index (χ2v) is 7.04. The molecule has 0 saturated carbocycles. The first kappa shape index (κ1) is 17.6. The Morgan fingerprint density at radius 1 is 0.724 bits per heavy atom. The van der Waals surface area contributed by atoms with Gasteiger partial charge in [-0.15, -0.1) is 0 Å². The molecule has 1 aliphatic rings. The fourth-order valence-electron chi connectivity index (χ4n) is 3.65. The van der Waals surface area contributed by atoms with E-state index in [1.165, 1.54) is 29.0 Å². The molecule has 0 fully saturated rings. The minimum atomic E-state index is -0.670. The largest absolute Gasteiger partial charge is 0.475 e. The maximum absolute atomic E-state index is 14.0. The lowest BCUT2D eigenvalue weighted by atomic mass is 9.99. The SMILES string of the molecule is Fc1cccc(F)c1C1=NC(c2ccc(-c3ccc4ccccc4c3)cc2)CO1. The van der Waals surface area contributed by atoms with Gasteiger partial charge < -0.3 is 4.74 Å². The molecule has 4 heteroatoms. The highest BCUT2D eigenvalue weighted by Gasteiger charge is 2.26. The summed E-state index contributed by atoms with van der Waals surface area (Å²) in [4.78, 5) is 4.41. The van der Waals surface area contributed by atoms with Crippen molar-refractivity contribution in [1.82, 2.24) is 0 Å². The van der Waals surface area contributed by atoms with Crippen LogP contribution < -0.4 is 0 Å². The van der Waals surface area contributed by atoms with Gasteiger partial charge in [-0.3, -0.25) is 0 Å². The zero-order valence-electron chi connectivity index (χ0n) is 15.5. The predicted molar refractivity (Wildman–Crippen MR) is 111 cm³/mol. The Hall–Kier alpha value is -3.53. The number of ether oxygens (including phenoxy) is 1. The van der Waals surface area contributed by atoms with Gasteiger partial charge in [0.25, 0.3) is 0 Å². The van der Waals surface area contributed by atoms with E-state index in [0.717, 1.165) is 16.7 Å². The molecule has 0 saturated heterocycles. The third-order valence-corrected chi connectivity index (χ3v) is 5.21. The number of halogens is 2. The highest BCUT2D eigenvalue weighted by atomic mass is 19.1. The maximum Gasteiger partial charge on any atom is 0.222 e. The van der Waals surface area contributed by atoms with E-state index in [-0.39, 0.29) is 24.1 Å². The van der Waals surface area contributed by atoms with E-state index in [4.69, 9.17) is 4.74 Å². The zero-order valence-corrected chi connectivity index (χ0v) is 15.5. The fourth-order valence-corrected chi connectivity index (χ4v) is 3.65. The van der Waals surface area contributed by atoms with Crippen molar-refractivity contribution < 1.29 is 13.5 Å². The zero-order chi connectivity index (χ0) is 19.8. The van der Waals surface area contributed by atoms with Crippen molar-refractivity contribution >= 4 is 16.7 Å². The van der Waals surface area contributed by atoms with Crippen molar-refractivity contribution in [3.05, 3.63) is 108 Å². The third-order valence-electron chi connectivity index (χ3n) is 5.21. The quantitative estimate of drug-likeness (QED) is 0.405. The van der Waals surface area contributed by atoms with Gasteiger partial charge in [-0.25, -0.2) is 13.8 Å². The standard InChI is InChI=1S/C25H17F2NO/c26-21-6-3-7-22(27)24(21)25-28-23(15-29-25)18-11-8-17(9-12-18)20-13-10-16-4-1-2-5-19(16)14-20/h1-14,23H,15H2. The van der Waals surface area contributed by atoms with Crippen LogP contribution in [0.5, 0.6) is 0 Å². The van der Waals surface area contributed by atoms with Crippen LogP contribution in [0.3, 0.4) is 0 Å². The van der Waals surface area contributed by atoms with Crippen molar-refractivity contribution in [3.8, 4) is 11.1 Å². The summed E-state index contributed by atoms with van der Waals surface area (Å²) >= 11 is 0. The van der Waals surface area contributed by atoms with Gasteiger partial charge in [0.15, 0.2) is 0 Å². The van der Waals surface area contributed by atoms with Crippen LogP contribution in [0.25, 0.3) is 21.9 Å². The molecule has 4 aromatic carbocycles. The van der Waals surface area contributed by atoms with Crippen LogP contribution in [0.15, 0.2) is 89.9 Å². The molecule has 0 N–H and O–H groups in total. The molecular formula is C25H17F2NO. The van der Waals surface area contributed by atoms with E-state index < -0.39 is 11.6 Å². The van der Waals surface area contributed by atoms with Crippen molar-refractivity contribution in [2.75, 3.05) is 6.61 Å². The normalized spacial score (nSPS) is 15.9. The molecule has 4 aromatic rings. The van der Waals surface area contributed by atoms with Crippen LogP contribution in [0.2, 0.25) is 0 Å². The summed E-state index contributed by atoms with van der Waals surface area (Å²) in [5.41, 5.74) is 2.97. The Labute approximate surface area is 167 Å². The molecular weight excluding hydrogens is 368 g/mol. The van der Waals surface area contributed by atoms with Gasteiger partial charge >= 0.3 is 0 Å². The van der Waals surface area contributed by atoms with E-state index in [2.05, 4.69) is 35.3 Å². The van der Waals surface area contributed by atoms with Crippen LogP contribution in [0, 0.1) is 11.6 Å². The number of rotatable bonds is 3. The molecule has 0 spiro atoms. The summed E-state index contributed by atoms with van der Waals surface area (Å²) in [7, 11) is 0. The molecule has 0 aliphatic carbocycles. The molecule has 1 unspecified atom stereocenters. The average molecular weight is 385 g/mol. The summed E-state index contributed by atoms with van der Waals surface area (Å²) in [6.45, 7) is 0.262. The van der Waals surface area contributed by atoms with E-state index in [0.29, 0.717) is 0 Å². The second kappa shape index (κ2) is 7.13. The summed E-state index contributed by atoms with van der Waals surface area (Å²) in [5.74, 6) is -1.32. The Morgan fingerprint density at radius 2 is 1.41 bits per heavy atom. The lowest BCUT2D eigenvalue weighted by Gasteiger charge is -2.08. The third kappa shape index (κ3) is 3.27. The molecule has 1 heterocycles. The van der Waals surface area contributed by atoms with Gasteiger partial charge in [0.1, 0.15) is 29.8 Å². The first-order valence-corrected chi connectivity index (χ1v) is 9.43. The van der Waals surface area contributed by atoms with E-state index >= 15 is 0 Å². The second-order valence-electron chi connectivity index (χ2n) is 7.04. The van der Waals surface area contributed by atoms with Crippen LogP contribution in [0.1, 0.15) is 17.2 Å². The molecule has 0 bridgehead atoms. The number of hydrogen-bond donors (Lipinski definition) is 0. The van der Waals surface area contributed by atoms with Gasteiger partial charge in [0.2, 0.25) is 5.90 Å². The summed E-state index contributed by atoms with van der Waals surface area (Å²) < 4.78 is 33.5. The predicted octanol–water partition coefficient (Wildman–Crippen LogP) is 6.30. The van der Waals surface area contributed by atoms with Gasteiger partial charge in [0, 0.05) is 0 Å². The van der Waals surface area contributed by atoms with Crippen molar-refractivity contribution in [2.24, 2.45) is 4.99 Å². The Morgan fingerprint density at radius 3 is 2.17 bits per heavy atom. The summed E-state index contributed by atoms with van der Waals surface area (Å²) in [6.07, 6.45) is 0. The highest BCUT2D eigenvalue weighted by Crippen LogP contribution is 2.30. The van der Waals surface area contributed by atoms with E-state index in [1.807, 2.05) is 36.4 Å². The van der Waals surface area contributed by atoms with Crippen molar-refractivity contribution in [1.29, 1.82) is 0 Å². The van der Waals surface area contributed by atoms with E-state index in [9.17, 15) is 8.78 Å². The molecule has 1 aliphatic heterocycles. The first-order chi connectivity index (χ1) is 14.2. The van der Waals surface area contributed by atoms with Crippen LogP contribution >= 0.6 is 0 Å². The van der Waals surface area contributed by atoms with Crippen molar-refractivity contribution in [3.63, 3.8) is 0 Å². The van der Waals surface area contributed by atoms with E-state index in [1.54, 1.807) is 0 Å². The lowest BCUT2D eigenvalue weighted by Crippen LogP contribution is -2.07. The van der Waals surface area contributed by atoms with Crippen molar-refractivity contribution in [2.45, 2.75) is 6.04 Å². The van der Waals surface area contributed by atoms with Gasteiger partial charge in [-0.1, -0.05) is 66.7 Å². The van der Waals surface area contributed by atoms with Crippen LogP contribution in [-0.4, -0.2) is 12.5 Å². The Balaban J connectivity index is 1.42.